The maximum Gasteiger partial charge on any atom is 0.347 e. The molecule has 206 valence electrons. The summed E-state index contributed by atoms with van der Waals surface area (Å²) in [6.45, 7) is 5.03. The lowest BCUT2D eigenvalue weighted by Gasteiger charge is -2.47. The fourth-order valence-electron chi connectivity index (χ4n) is 3.63. The van der Waals surface area contributed by atoms with E-state index >= 15 is 0 Å². The number of oxime groups is 1. The molecule has 4 N–H and O–H groups in total. The molecular weight excluding hydrogens is 550 g/mol. The zero-order valence-corrected chi connectivity index (χ0v) is 22.8. The molecule has 1 unspecified atom stereocenters. The van der Waals surface area contributed by atoms with Crippen LogP contribution in [0.4, 0.5) is 5.13 Å². The zero-order valence-electron chi connectivity index (χ0n) is 21.2. The van der Waals surface area contributed by atoms with Gasteiger partial charge in [-0.3, -0.25) is 9.59 Å². The van der Waals surface area contributed by atoms with E-state index in [1.807, 2.05) is 4.57 Å². The molecule has 2 aromatic rings. The first-order valence-corrected chi connectivity index (χ1v) is 13.4. The third-order valence-electron chi connectivity index (χ3n) is 5.28. The van der Waals surface area contributed by atoms with Gasteiger partial charge in [0.2, 0.25) is 18.1 Å². The van der Waals surface area contributed by atoms with Gasteiger partial charge in [0, 0.05) is 41.2 Å². The molecule has 4 rings (SSSR count). The predicted molar refractivity (Wildman–Crippen MR) is 139 cm³/mol. The quantitative estimate of drug-likeness (QED) is 0.121. The van der Waals surface area contributed by atoms with Gasteiger partial charge in [0.05, 0.1) is 5.56 Å². The Bertz CT molecular complexity index is 1350. The van der Waals surface area contributed by atoms with Gasteiger partial charge >= 0.3 is 11.9 Å². The second-order valence-electron chi connectivity index (χ2n) is 9.51. The highest BCUT2D eigenvalue weighted by atomic mass is 32.2. The van der Waals surface area contributed by atoms with Gasteiger partial charge in [0.1, 0.15) is 17.0 Å². The molecule has 2 atom stereocenters. The Morgan fingerprint density at radius 3 is 2.64 bits per heavy atom. The van der Waals surface area contributed by atoms with Crippen LogP contribution in [0.15, 0.2) is 41.5 Å². The Labute approximate surface area is 231 Å². The van der Waals surface area contributed by atoms with Crippen LogP contribution in [-0.2, 0) is 30.5 Å². The number of rotatable bonds is 9. The van der Waals surface area contributed by atoms with Gasteiger partial charge in [-0.15, -0.1) is 11.8 Å². The summed E-state index contributed by atoms with van der Waals surface area (Å²) in [6.07, 6.45) is 5.06. The van der Waals surface area contributed by atoms with Crippen LogP contribution in [-0.4, -0.2) is 78.2 Å². The number of carbonyl (C=O) groups excluding carboxylic acids is 3. The van der Waals surface area contributed by atoms with Crippen molar-refractivity contribution in [2.75, 3.05) is 18.1 Å². The summed E-state index contributed by atoms with van der Waals surface area (Å²) in [5.41, 5.74) is 5.72. The number of β-lactam (4-membered cyclic amide) rings is 1. The highest BCUT2D eigenvalue weighted by molar-refractivity contribution is 8.00. The number of thioether (sulfide) groups is 1. The molecule has 16 heteroatoms. The number of esters is 1. The van der Waals surface area contributed by atoms with Gasteiger partial charge in [0.25, 0.3) is 11.8 Å². The molecule has 0 aromatic carbocycles. The third-order valence-corrected chi connectivity index (χ3v) is 7.20. The maximum absolute atomic E-state index is 13.1. The first-order valence-electron chi connectivity index (χ1n) is 11.6. The standard InChI is InChI=1S/C23H25N7O7S2/c1-23(2,3)37-14(31)10-36-27-15(17-26-22(24)39-28-17)18(32)25-16-19(33)30-9-12(11-38-20(16)30)8-29-6-4-13(5-7-29)21(34)35/h4-7,9,16,20H,8,10-11H2,1-3H3,(H3-,24,25,26,28,32,34,35)/p+1/b27-15-/t16?,20-/m1/s1. The lowest BCUT2D eigenvalue weighted by molar-refractivity contribution is -0.689. The first-order chi connectivity index (χ1) is 18.4. The van der Waals surface area contributed by atoms with Crippen LogP contribution in [0.2, 0.25) is 0 Å². The number of carbonyl (C=O) groups is 4. The number of aromatic carboxylic acids is 1. The molecule has 2 aliphatic rings. The zero-order chi connectivity index (χ0) is 28.3. The van der Waals surface area contributed by atoms with Crippen LogP contribution >= 0.6 is 23.3 Å². The molecule has 2 amide bonds. The molecular formula is C23H26N7O7S2+. The van der Waals surface area contributed by atoms with Crippen molar-refractivity contribution in [1.82, 2.24) is 19.6 Å². The summed E-state index contributed by atoms with van der Waals surface area (Å²) in [5, 5.41) is 15.2. The highest BCUT2D eigenvalue weighted by Crippen LogP contribution is 2.36. The van der Waals surface area contributed by atoms with Crippen molar-refractivity contribution >= 4 is 57.9 Å². The van der Waals surface area contributed by atoms with Crippen LogP contribution in [0.1, 0.15) is 37.0 Å². The van der Waals surface area contributed by atoms with Gasteiger partial charge in [-0.1, -0.05) is 5.16 Å². The number of nitrogens with two attached hydrogens (primary N) is 1. The van der Waals surface area contributed by atoms with Crippen molar-refractivity contribution in [3.05, 3.63) is 47.7 Å². The number of pyridine rings is 1. The number of nitrogens with zero attached hydrogens (tertiary/aromatic N) is 5. The minimum atomic E-state index is -1.01. The van der Waals surface area contributed by atoms with Crippen molar-refractivity contribution in [3.8, 4) is 0 Å². The third kappa shape index (κ3) is 6.88. The average Bonchev–Trinajstić information content (AvgIpc) is 3.30. The van der Waals surface area contributed by atoms with E-state index in [9.17, 15) is 19.2 Å². The van der Waals surface area contributed by atoms with Crippen molar-refractivity contribution < 1.29 is 38.4 Å². The SMILES string of the molecule is CC(C)(C)OC(=O)CO/N=C(\C(=O)NC1C(=O)N2C=C(C[n+]3ccc(C(=O)O)cc3)CS[C@H]12)c1nsc(N)n1. The summed E-state index contributed by atoms with van der Waals surface area (Å²) in [5.74, 6) is -2.28. The average molecular weight is 577 g/mol. The summed E-state index contributed by atoms with van der Waals surface area (Å²) < 4.78 is 10.9. The number of hydrogen-bond acceptors (Lipinski definition) is 12. The van der Waals surface area contributed by atoms with Crippen LogP contribution in [0.3, 0.4) is 0 Å². The minimum absolute atomic E-state index is 0.0968. The van der Waals surface area contributed by atoms with E-state index in [-0.39, 0.29) is 33.5 Å². The molecule has 14 nitrogen and oxygen atoms in total. The fourth-order valence-corrected chi connectivity index (χ4v) is 5.32. The second-order valence-corrected chi connectivity index (χ2v) is 11.4. The van der Waals surface area contributed by atoms with Gasteiger partial charge in [-0.05, 0) is 20.8 Å². The van der Waals surface area contributed by atoms with E-state index in [0.29, 0.717) is 12.3 Å². The lowest BCUT2D eigenvalue weighted by atomic mass is 10.1. The molecule has 2 aromatic heterocycles. The summed E-state index contributed by atoms with van der Waals surface area (Å²) >= 11 is 2.32. The van der Waals surface area contributed by atoms with E-state index < -0.39 is 36.1 Å². The molecule has 0 spiro atoms. The van der Waals surface area contributed by atoms with E-state index in [2.05, 4.69) is 19.8 Å². The minimum Gasteiger partial charge on any atom is -0.478 e. The molecule has 1 fully saturated rings. The van der Waals surface area contributed by atoms with Crippen molar-refractivity contribution in [2.45, 2.75) is 44.3 Å². The van der Waals surface area contributed by atoms with Crippen LogP contribution < -0.4 is 15.6 Å². The Hall–Kier alpha value is -4.05. The summed E-state index contributed by atoms with van der Waals surface area (Å²) in [6, 6.07) is 2.18. The smallest absolute Gasteiger partial charge is 0.347 e. The van der Waals surface area contributed by atoms with Crippen LogP contribution in [0.5, 0.6) is 0 Å². The number of amides is 2. The fraction of sp³-hybridized carbons (Fsp3) is 0.391. The molecule has 0 saturated carbocycles. The molecule has 1 saturated heterocycles. The second kappa shape index (κ2) is 11.4. The summed E-state index contributed by atoms with van der Waals surface area (Å²) in [4.78, 5) is 59.4. The number of carboxylic acids is 1. The van der Waals surface area contributed by atoms with E-state index in [0.717, 1.165) is 17.1 Å². The van der Waals surface area contributed by atoms with Gasteiger partial charge < -0.3 is 30.6 Å². The number of carboxylic acid groups (broad SMARTS) is 1. The topological polar surface area (TPSA) is 190 Å². The molecule has 2 aliphatic heterocycles. The van der Waals surface area contributed by atoms with Crippen LogP contribution in [0, 0.1) is 0 Å². The maximum atomic E-state index is 13.1. The predicted octanol–water partition coefficient (Wildman–Crippen LogP) is 0.152. The normalized spacial score (nSPS) is 18.9. The Kier molecular flexibility index (Phi) is 8.15. The monoisotopic (exact) mass is 576 g/mol. The number of hydrogen-bond donors (Lipinski definition) is 3. The van der Waals surface area contributed by atoms with Crippen molar-refractivity contribution in [1.29, 1.82) is 0 Å². The number of fused-ring (bicyclic) bond motifs is 1. The number of anilines is 1. The van der Waals surface area contributed by atoms with Crippen molar-refractivity contribution in [3.63, 3.8) is 0 Å². The molecule has 0 radical (unpaired) electrons. The van der Waals surface area contributed by atoms with E-state index in [1.165, 1.54) is 28.8 Å². The number of nitrogens with one attached hydrogen (secondary N) is 1. The number of aromatic nitrogens is 3. The Balaban J connectivity index is 1.39. The van der Waals surface area contributed by atoms with Gasteiger partial charge in [-0.2, -0.15) is 9.36 Å². The van der Waals surface area contributed by atoms with Crippen LogP contribution in [0.25, 0.3) is 0 Å². The van der Waals surface area contributed by atoms with Gasteiger partial charge in [-0.25, -0.2) is 14.2 Å². The molecule has 39 heavy (non-hydrogen) atoms. The molecule has 0 bridgehead atoms. The Morgan fingerprint density at radius 2 is 2.03 bits per heavy atom. The largest absolute Gasteiger partial charge is 0.478 e. The number of nitrogen functional groups attached to an aromatic ring is 1. The lowest BCUT2D eigenvalue weighted by Crippen LogP contribution is -2.69. The summed E-state index contributed by atoms with van der Waals surface area (Å²) in [7, 11) is 0. The van der Waals surface area contributed by atoms with E-state index in [1.54, 1.807) is 39.4 Å². The highest BCUT2D eigenvalue weighted by Gasteiger charge is 2.50. The van der Waals surface area contributed by atoms with Gasteiger partial charge in [0.15, 0.2) is 24.1 Å². The Morgan fingerprint density at radius 1 is 1.31 bits per heavy atom. The molecule has 0 aliphatic carbocycles. The first kappa shape index (κ1) is 28.0. The van der Waals surface area contributed by atoms with E-state index in [4.69, 9.17) is 20.4 Å². The molecule has 4 heterocycles. The number of ether oxygens (including phenoxy) is 1. The van der Waals surface area contributed by atoms with Crippen molar-refractivity contribution in [2.24, 2.45) is 5.16 Å².